The van der Waals surface area contributed by atoms with E-state index >= 15 is 0 Å². The van der Waals surface area contributed by atoms with Gasteiger partial charge in [0.2, 0.25) is 11.8 Å². The molecule has 2 aromatic carbocycles. The molecule has 8 nitrogen and oxygen atoms in total. The van der Waals surface area contributed by atoms with Crippen LogP contribution in [0.15, 0.2) is 35.2 Å². The summed E-state index contributed by atoms with van der Waals surface area (Å²) in [6, 6.07) is 6.66. The molecule has 26 heavy (non-hydrogen) atoms. The molecule has 2 rings (SSSR count). The number of ether oxygens (including phenoxy) is 1. The SMILES string of the molecule is CC(=O)Oc1cc(S(=O)(=O)[O-])c2ccccc2c1N(C(C)=O)C(C)=O.[Na+]. The Hall–Kier alpha value is -1.78. The third-order valence-corrected chi connectivity index (χ3v) is 4.20. The predicted octanol–water partition coefficient (Wildman–Crippen LogP) is -1.43. The molecule has 0 spiro atoms. The van der Waals surface area contributed by atoms with E-state index in [1.54, 1.807) is 0 Å². The third-order valence-electron chi connectivity index (χ3n) is 3.32. The molecule has 0 aliphatic heterocycles. The second-order valence-electron chi connectivity index (χ2n) is 5.19. The van der Waals surface area contributed by atoms with Crippen LogP contribution in [0.3, 0.4) is 0 Å². The molecule has 0 saturated carbocycles. The number of hydrogen-bond acceptors (Lipinski definition) is 7. The summed E-state index contributed by atoms with van der Waals surface area (Å²) in [6.07, 6.45) is 0. The van der Waals surface area contributed by atoms with E-state index in [1.807, 2.05) is 0 Å². The molecule has 0 fully saturated rings. The van der Waals surface area contributed by atoms with Crippen LogP contribution in [0.1, 0.15) is 20.8 Å². The van der Waals surface area contributed by atoms with E-state index < -0.39 is 32.8 Å². The maximum absolute atomic E-state index is 11.9. The summed E-state index contributed by atoms with van der Waals surface area (Å²) in [4.78, 5) is 35.4. The van der Waals surface area contributed by atoms with Crippen molar-refractivity contribution in [1.29, 1.82) is 0 Å². The Morgan fingerprint density at radius 1 is 1.00 bits per heavy atom. The van der Waals surface area contributed by atoms with Crippen LogP contribution in [0, 0.1) is 0 Å². The number of amides is 2. The quantitative estimate of drug-likeness (QED) is 0.274. The number of fused-ring (bicyclic) bond motifs is 1. The van der Waals surface area contributed by atoms with Gasteiger partial charge in [-0.1, -0.05) is 24.3 Å². The smallest absolute Gasteiger partial charge is 0.744 e. The van der Waals surface area contributed by atoms with Crippen LogP contribution >= 0.6 is 0 Å². The zero-order chi connectivity index (χ0) is 18.9. The van der Waals surface area contributed by atoms with Crippen molar-refractivity contribution in [2.75, 3.05) is 4.90 Å². The van der Waals surface area contributed by atoms with Gasteiger partial charge in [-0.25, -0.2) is 13.3 Å². The van der Waals surface area contributed by atoms with Gasteiger partial charge >= 0.3 is 35.5 Å². The molecule has 2 amide bonds. The fraction of sp³-hybridized carbons (Fsp3) is 0.188. The van der Waals surface area contributed by atoms with Crippen molar-refractivity contribution in [2.45, 2.75) is 25.7 Å². The average molecular weight is 387 g/mol. The molecule has 0 unspecified atom stereocenters. The van der Waals surface area contributed by atoms with Crippen molar-refractivity contribution in [3.63, 3.8) is 0 Å². The number of anilines is 1. The number of hydrogen-bond donors (Lipinski definition) is 0. The molecule has 0 radical (unpaired) electrons. The second kappa shape index (κ2) is 8.28. The fourth-order valence-electron chi connectivity index (χ4n) is 2.51. The maximum atomic E-state index is 11.9. The van der Waals surface area contributed by atoms with Crippen molar-refractivity contribution >= 4 is 44.4 Å². The zero-order valence-electron chi connectivity index (χ0n) is 14.6. The Morgan fingerprint density at radius 3 is 1.92 bits per heavy atom. The van der Waals surface area contributed by atoms with Crippen molar-refractivity contribution in [3.05, 3.63) is 30.3 Å². The van der Waals surface area contributed by atoms with Crippen molar-refractivity contribution in [3.8, 4) is 5.75 Å². The number of esters is 1. The van der Waals surface area contributed by atoms with Gasteiger partial charge in [0.25, 0.3) is 0 Å². The molecule has 132 valence electrons. The Balaban J connectivity index is 0.00000338. The molecule has 10 heteroatoms. The molecule has 0 atom stereocenters. The minimum Gasteiger partial charge on any atom is -0.744 e. The Morgan fingerprint density at radius 2 is 1.50 bits per heavy atom. The first-order valence-corrected chi connectivity index (χ1v) is 8.46. The molecule has 0 aliphatic rings. The number of benzene rings is 2. The standard InChI is InChI=1S/C16H15NO7S.Na/c1-9(18)17(10(2)19)16-13-7-5-4-6-12(13)15(25(21,22)23)8-14(16)24-11(3)20;/h4-8H,1-3H3,(H,21,22,23);/q;+1/p-1. The summed E-state index contributed by atoms with van der Waals surface area (Å²) in [6.45, 7) is 3.33. The summed E-state index contributed by atoms with van der Waals surface area (Å²) in [5.74, 6) is -2.50. The monoisotopic (exact) mass is 387 g/mol. The first-order chi connectivity index (χ1) is 11.5. The predicted molar refractivity (Wildman–Crippen MR) is 87.1 cm³/mol. The van der Waals surface area contributed by atoms with Crippen LogP contribution < -0.4 is 39.2 Å². The summed E-state index contributed by atoms with van der Waals surface area (Å²) in [5.41, 5.74) is -0.0989. The topological polar surface area (TPSA) is 121 Å². The first kappa shape index (κ1) is 22.3. The molecule has 0 aromatic heterocycles. The number of nitrogens with zero attached hydrogens (tertiary/aromatic N) is 1. The van der Waals surface area contributed by atoms with E-state index in [0.717, 1.165) is 31.7 Å². The van der Waals surface area contributed by atoms with E-state index in [9.17, 15) is 27.4 Å². The first-order valence-electron chi connectivity index (χ1n) is 7.05. The Labute approximate surface area is 172 Å². The number of carbonyl (C=O) groups excluding carboxylic acids is 3. The minimum atomic E-state index is -4.90. The number of imide groups is 1. The van der Waals surface area contributed by atoms with E-state index in [0.29, 0.717) is 0 Å². The van der Waals surface area contributed by atoms with Gasteiger partial charge in [-0.15, -0.1) is 0 Å². The van der Waals surface area contributed by atoms with E-state index in [1.165, 1.54) is 24.3 Å². The van der Waals surface area contributed by atoms with Crippen LogP contribution in [0.5, 0.6) is 5.75 Å². The maximum Gasteiger partial charge on any atom is 1.00 e. The fourth-order valence-corrected chi connectivity index (χ4v) is 3.21. The Bertz CT molecular complexity index is 987. The van der Waals surface area contributed by atoms with Crippen LogP contribution in [-0.4, -0.2) is 30.8 Å². The molecular formula is C16H14NNaO7S. The van der Waals surface area contributed by atoms with E-state index in [2.05, 4.69) is 0 Å². The molecule has 2 aromatic rings. The van der Waals surface area contributed by atoms with E-state index in [-0.39, 0.29) is 51.8 Å². The largest absolute Gasteiger partial charge is 1.00 e. The van der Waals surface area contributed by atoms with Gasteiger partial charge in [-0.05, 0) is 0 Å². The summed E-state index contributed by atoms with van der Waals surface area (Å²) < 4.78 is 39.8. The molecule has 0 heterocycles. The van der Waals surface area contributed by atoms with Crippen molar-refractivity contribution < 1.29 is 61.6 Å². The van der Waals surface area contributed by atoms with Crippen molar-refractivity contribution in [1.82, 2.24) is 0 Å². The van der Waals surface area contributed by atoms with Crippen LogP contribution in [0.4, 0.5) is 5.69 Å². The molecular weight excluding hydrogens is 373 g/mol. The van der Waals surface area contributed by atoms with Gasteiger partial charge in [0.05, 0.1) is 4.90 Å². The number of rotatable bonds is 3. The van der Waals surface area contributed by atoms with Crippen molar-refractivity contribution in [2.24, 2.45) is 0 Å². The summed E-state index contributed by atoms with van der Waals surface area (Å²) in [5, 5.41) is 0.122. The van der Waals surface area contributed by atoms with E-state index in [4.69, 9.17) is 4.74 Å². The third kappa shape index (κ3) is 4.49. The molecule has 0 N–H and O–H groups in total. The van der Waals surface area contributed by atoms with Crippen LogP contribution in [0.25, 0.3) is 10.8 Å². The summed E-state index contributed by atoms with van der Waals surface area (Å²) in [7, 11) is -4.90. The van der Waals surface area contributed by atoms with Crippen LogP contribution in [-0.2, 0) is 24.5 Å². The van der Waals surface area contributed by atoms with Gasteiger partial charge < -0.3 is 9.29 Å². The van der Waals surface area contributed by atoms with Gasteiger partial charge in [-0.2, -0.15) is 0 Å². The average Bonchev–Trinajstić information content (AvgIpc) is 2.46. The number of carbonyl (C=O) groups is 3. The summed E-state index contributed by atoms with van der Waals surface area (Å²) >= 11 is 0. The van der Waals surface area contributed by atoms with Gasteiger partial charge in [0, 0.05) is 37.6 Å². The normalized spacial score (nSPS) is 10.8. The minimum absolute atomic E-state index is 0. The zero-order valence-corrected chi connectivity index (χ0v) is 17.4. The van der Waals surface area contributed by atoms with Gasteiger partial charge in [0.15, 0.2) is 5.75 Å². The van der Waals surface area contributed by atoms with Crippen LogP contribution in [0.2, 0.25) is 0 Å². The molecule has 0 saturated heterocycles. The van der Waals surface area contributed by atoms with Gasteiger partial charge in [-0.3, -0.25) is 14.4 Å². The van der Waals surface area contributed by atoms with Gasteiger partial charge in [0.1, 0.15) is 15.8 Å². The second-order valence-corrected chi connectivity index (χ2v) is 6.54. The molecule has 0 bridgehead atoms. The Kier molecular flexibility index (Phi) is 7.09. The molecule has 0 aliphatic carbocycles.